The molecule has 2 aromatic heterocycles. The van der Waals surface area contributed by atoms with Crippen molar-refractivity contribution in [3.63, 3.8) is 0 Å². The van der Waals surface area contributed by atoms with Crippen LogP contribution in [0.2, 0.25) is 0 Å². The largest absolute Gasteiger partial charge is 0.354 e. The summed E-state index contributed by atoms with van der Waals surface area (Å²) >= 11 is 0. The number of aromatic nitrogens is 3. The van der Waals surface area contributed by atoms with Crippen molar-refractivity contribution in [2.45, 2.75) is 12.5 Å². The van der Waals surface area contributed by atoms with Crippen LogP contribution in [0.4, 0.5) is 16.3 Å². The van der Waals surface area contributed by atoms with Gasteiger partial charge in [-0.2, -0.15) is 0 Å². The Labute approximate surface area is 215 Å². The van der Waals surface area contributed by atoms with Crippen molar-refractivity contribution < 1.29 is 9.59 Å². The highest BCUT2D eigenvalue weighted by Gasteiger charge is 2.29. The molecule has 1 aliphatic heterocycles. The summed E-state index contributed by atoms with van der Waals surface area (Å²) in [7, 11) is 5.38. The summed E-state index contributed by atoms with van der Waals surface area (Å²) in [6.07, 6.45) is 4.20. The molecule has 3 heterocycles. The molecule has 5 rings (SSSR count). The van der Waals surface area contributed by atoms with Gasteiger partial charge in [-0.3, -0.25) is 4.79 Å². The topological polar surface area (TPSA) is 94.6 Å². The van der Waals surface area contributed by atoms with E-state index in [0.717, 1.165) is 47.4 Å². The monoisotopic (exact) mass is 495 g/mol. The van der Waals surface area contributed by atoms with E-state index >= 15 is 0 Å². The number of likely N-dealkylation sites (N-methyl/N-ethyl adjacent to an activating group) is 1. The molecule has 0 unspecified atom stereocenters. The average molecular weight is 496 g/mol. The Morgan fingerprint density at radius 1 is 0.946 bits per heavy atom. The normalized spacial score (nSPS) is 15.0. The molecule has 3 amide bonds. The van der Waals surface area contributed by atoms with Gasteiger partial charge in [0, 0.05) is 63.3 Å². The molecule has 0 aliphatic carbocycles. The van der Waals surface area contributed by atoms with Crippen molar-refractivity contribution in [1.82, 2.24) is 24.8 Å². The van der Waals surface area contributed by atoms with Gasteiger partial charge in [0.2, 0.25) is 5.82 Å². The van der Waals surface area contributed by atoms with E-state index in [9.17, 15) is 9.59 Å². The van der Waals surface area contributed by atoms with Crippen LogP contribution in [0, 0.1) is 0 Å². The van der Waals surface area contributed by atoms with Crippen LogP contribution in [-0.2, 0) is 0 Å². The van der Waals surface area contributed by atoms with Crippen LogP contribution in [0.3, 0.4) is 0 Å². The lowest BCUT2D eigenvalue weighted by molar-refractivity contribution is 0.101. The molecule has 0 radical (unpaired) electrons. The first-order valence-corrected chi connectivity index (χ1v) is 12.2. The minimum absolute atomic E-state index is 0.00503. The standard InChI is InChI=1S/C28H29N7O2/c1-33(2)28(37)34(3)23-13-14-35(18-23)25-12-9-20-15-22(10-11-24(20)32-25)31-27(36)26-29-16-21(17-30-26)19-7-5-4-6-8-19/h4-12,15-17,23H,13-14,18H2,1-3H3,(H,31,36)/t23-/m1/s1. The van der Waals surface area contributed by atoms with Gasteiger partial charge in [0.15, 0.2) is 0 Å². The van der Waals surface area contributed by atoms with Gasteiger partial charge in [-0.05, 0) is 42.3 Å². The lowest BCUT2D eigenvalue weighted by Crippen LogP contribution is -2.44. The molecule has 37 heavy (non-hydrogen) atoms. The Bertz CT molecular complexity index is 1420. The number of hydrogen-bond acceptors (Lipinski definition) is 6. The molecular formula is C28H29N7O2. The fraction of sp³-hybridized carbons (Fsp3) is 0.250. The van der Waals surface area contributed by atoms with E-state index in [-0.39, 0.29) is 23.8 Å². The van der Waals surface area contributed by atoms with Gasteiger partial charge in [0.1, 0.15) is 5.82 Å². The second-order valence-corrected chi connectivity index (χ2v) is 9.37. The van der Waals surface area contributed by atoms with Crippen LogP contribution in [-0.4, -0.2) is 77.0 Å². The van der Waals surface area contributed by atoms with Crippen LogP contribution in [0.1, 0.15) is 17.0 Å². The van der Waals surface area contributed by atoms with E-state index in [1.54, 1.807) is 36.3 Å². The Morgan fingerprint density at radius 2 is 1.70 bits per heavy atom. The molecule has 1 aliphatic rings. The molecule has 0 spiro atoms. The zero-order valence-corrected chi connectivity index (χ0v) is 21.1. The van der Waals surface area contributed by atoms with Gasteiger partial charge in [-0.25, -0.2) is 19.7 Å². The zero-order chi connectivity index (χ0) is 25.9. The first kappa shape index (κ1) is 24.2. The zero-order valence-electron chi connectivity index (χ0n) is 21.1. The molecule has 0 saturated carbocycles. The first-order valence-electron chi connectivity index (χ1n) is 12.2. The van der Waals surface area contributed by atoms with E-state index in [4.69, 9.17) is 4.98 Å². The van der Waals surface area contributed by atoms with E-state index in [1.165, 1.54) is 0 Å². The van der Waals surface area contributed by atoms with Gasteiger partial charge < -0.3 is 20.0 Å². The molecule has 1 N–H and O–H groups in total. The number of anilines is 2. The van der Waals surface area contributed by atoms with Crippen LogP contribution in [0.25, 0.3) is 22.0 Å². The van der Waals surface area contributed by atoms with Gasteiger partial charge in [0.25, 0.3) is 5.91 Å². The summed E-state index contributed by atoms with van der Waals surface area (Å²) < 4.78 is 0. The van der Waals surface area contributed by atoms with E-state index in [0.29, 0.717) is 5.69 Å². The first-order chi connectivity index (χ1) is 17.9. The molecule has 1 atom stereocenters. The summed E-state index contributed by atoms with van der Waals surface area (Å²) in [4.78, 5) is 43.9. The number of benzene rings is 2. The highest BCUT2D eigenvalue weighted by Crippen LogP contribution is 2.26. The minimum Gasteiger partial charge on any atom is -0.354 e. The lowest BCUT2D eigenvalue weighted by atomic mass is 10.1. The predicted octanol–water partition coefficient (Wildman–Crippen LogP) is 4.14. The van der Waals surface area contributed by atoms with Gasteiger partial charge in [0.05, 0.1) is 11.6 Å². The summed E-state index contributed by atoms with van der Waals surface area (Å²) in [5.41, 5.74) is 3.33. The number of rotatable bonds is 5. The van der Waals surface area contributed by atoms with Crippen LogP contribution >= 0.6 is 0 Å². The highest BCUT2D eigenvalue weighted by atomic mass is 16.2. The molecule has 188 valence electrons. The summed E-state index contributed by atoms with van der Waals surface area (Å²) in [6, 6.07) is 19.5. The molecule has 0 bridgehead atoms. The number of nitrogens with zero attached hydrogens (tertiary/aromatic N) is 6. The smallest absolute Gasteiger partial charge is 0.319 e. The van der Waals surface area contributed by atoms with E-state index < -0.39 is 0 Å². The maximum absolute atomic E-state index is 12.7. The number of amides is 3. The van der Waals surface area contributed by atoms with Crippen LogP contribution in [0.15, 0.2) is 73.1 Å². The summed E-state index contributed by atoms with van der Waals surface area (Å²) in [5.74, 6) is 0.613. The Kier molecular flexibility index (Phi) is 6.68. The van der Waals surface area contributed by atoms with E-state index in [2.05, 4.69) is 20.2 Å². The van der Waals surface area contributed by atoms with Crippen LogP contribution < -0.4 is 10.2 Å². The number of fused-ring (bicyclic) bond motifs is 1. The van der Waals surface area contributed by atoms with Gasteiger partial charge >= 0.3 is 6.03 Å². The number of carbonyl (C=O) groups is 2. The van der Waals surface area contributed by atoms with Gasteiger partial charge in [-0.15, -0.1) is 0 Å². The van der Waals surface area contributed by atoms with E-state index in [1.807, 2.05) is 67.7 Å². The number of hydrogen-bond donors (Lipinski definition) is 1. The van der Waals surface area contributed by atoms with Crippen molar-refractivity contribution in [3.05, 3.63) is 78.9 Å². The third kappa shape index (κ3) is 5.20. The summed E-state index contributed by atoms with van der Waals surface area (Å²) in [6.45, 7) is 1.58. The molecule has 1 saturated heterocycles. The van der Waals surface area contributed by atoms with Crippen molar-refractivity contribution in [2.24, 2.45) is 0 Å². The SMILES string of the molecule is CN(C)C(=O)N(C)[C@@H]1CCN(c2ccc3cc(NC(=O)c4ncc(-c5ccccc5)cn4)ccc3n2)C1. The number of urea groups is 1. The van der Waals surface area contributed by atoms with Crippen molar-refractivity contribution in [2.75, 3.05) is 44.4 Å². The Balaban J connectivity index is 1.25. The molecular weight excluding hydrogens is 466 g/mol. The quantitative estimate of drug-likeness (QED) is 0.447. The maximum atomic E-state index is 12.7. The van der Waals surface area contributed by atoms with Crippen molar-refractivity contribution in [1.29, 1.82) is 0 Å². The van der Waals surface area contributed by atoms with Crippen LogP contribution in [0.5, 0.6) is 0 Å². The van der Waals surface area contributed by atoms with Crippen molar-refractivity contribution >= 4 is 34.3 Å². The second kappa shape index (κ2) is 10.2. The average Bonchev–Trinajstić information content (AvgIpc) is 3.43. The third-order valence-corrected chi connectivity index (χ3v) is 6.61. The molecule has 4 aromatic rings. The number of pyridine rings is 1. The third-order valence-electron chi connectivity index (χ3n) is 6.61. The van der Waals surface area contributed by atoms with Crippen molar-refractivity contribution in [3.8, 4) is 11.1 Å². The Hall–Kier alpha value is -4.53. The number of nitrogens with one attached hydrogen (secondary N) is 1. The minimum atomic E-state index is -0.372. The summed E-state index contributed by atoms with van der Waals surface area (Å²) in [5, 5.41) is 3.79. The molecule has 9 heteroatoms. The molecule has 9 nitrogen and oxygen atoms in total. The molecule has 1 fully saturated rings. The maximum Gasteiger partial charge on any atom is 0.319 e. The fourth-order valence-electron chi connectivity index (χ4n) is 4.52. The Morgan fingerprint density at radius 3 is 2.43 bits per heavy atom. The second-order valence-electron chi connectivity index (χ2n) is 9.37. The molecule has 2 aromatic carbocycles. The number of carbonyl (C=O) groups excluding carboxylic acids is 2. The van der Waals surface area contributed by atoms with Gasteiger partial charge in [-0.1, -0.05) is 30.3 Å². The highest BCUT2D eigenvalue weighted by molar-refractivity contribution is 6.02. The predicted molar refractivity (Wildman–Crippen MR) is 145 cm³/mol. The fourth-order valence-corrected chi connectivity index (χ4v) is 4.52. The lowest BCUT2D eigenvalue weighted by Gasteiger charge is -2.28.